The summed E-state index contributed by atoms with van der Waals surface area (Å²) >= 11 is 0. The minimum absolute atomic E-state index is 0.0157. The van der Waals surface area contributed by atoms with E-state index in [-0.39, 0.29) is 35.4 Å². The van der Waals surface area contributed by atoms with E-state index in [0.29, 0.717) is 13.0 Å². The maximum absolute atomic E-state index is 12.8. The highest BCUT2D eigenvalue weighted by atomic mass is 16.5. The number of piperazine rings is 1. The van der Waals surface area contributed by atoms with Crippen molar-refractivity contribution in [2.45, 2.75) is 78.1 Å². The fraction of sp³-hybridized carbons (Fsp3) is 0.875. The van der Waals surface area contributed by atoms with Crippen molar-refractivity contribution >= 4 is 11.8 Å². The summed E-state index contributed by atoms with van der Waals surface area (Å²) in [4.78, 5) is 27.0. The van der Waals surface area contributed by atoms with Gasteiger partial charge in [0.05, 0.1) is 6.10 Å². The quantitative estimate of drug-likeness (QED) is 0.859. The van der Waals surface area contributed by atoms with Crippen LogP contribution in [0.2, 0.25) is 0 Å². The molecule has 1 N–H and O–H groups in total. The lowest BCUT2D eigenvalue weighted by Crippen LogP contribution is -2.75. The van der Waals surface area contributed by atoms with Gasteiger partial charge in [0, 0.05) is 18.1 Å². The highest BCUT2D eigenvalue weighted by Gasteiger charge is 2.58. The molecular weight excluding hydrogens is 268 g/mol. The summed E-state index contributed by atoms with van der Waals surface area (Å²) in [6, 6.07) is -0.297. The second-order valence-electron chi connectivity index (χ2n) is 7.27. The molecule has 120 valence electrons. The molecule has 1 aliphatic carbocycles. The lowest BCUT2D eigenvalue weighted by molar-refractivity contribution is -0.186. The van der Waals surface area contributed by atoms with Gasteiger partial charge in [-0.25, -0.2) is 0 Å². The monoisotopic (exact) mass is 296 g/mol. The normalized spacial score (nSPS) is 34.4. The maximum atomic E-state index is 12.8. The van der Waals surface area contributed by atoms with Crippen molar-refractivity contribution in [2.75, 3.05) is 6.61 Å². The molecule has 1 aliphatic heterocycles. The van der Waals surface area contributed by atoms with Gasteiger partial charge in [-0.3, -0.25) is 9.59 Å². The first-order valence-corrected chi connectivity index (χ1v) is 7.93. The van der Waals surface area contributed by atoms with Crippen molar-refractivity contribution in [3.63, 3.8) is 0 Å². The minimum atomic E-state index is -0.824. The van der Waals surface area contributed by atoms with Gasteiger partial charge in [0.2, 0.25) is 11.8 Å². The Labute approximate surface area is 127 Å². The average molecular weight is 296 g/mol. The van der Waals surface area contributed by atoms with E-state index < -0.39 is 5.54 Å². The fourth-order valence-electron chi connectivity index (χ4n) is 3.60. The summed E-state index contributed by atoms with van der Waals surface area (Å²) < 4.78 is 5.76. The third-order valence-corrected chi connectivity index (χ3v) is 5.06. The highest BCUT2D eigenvalue weighted by Crippen LogP contribution is 2.47. The zero-order valence-corrected chi connectivity index (χ0v) is 14.0. The van der Waals surface area contributed by atoms with Crippen LogP contribution in [0.25, 0.3) is 0 Å². The van der Waals surface area contributed by atoms with Crippen LogP contribution in [0.3, 0.4) is 0 Å². The van der Waals surface area contributed by atoms with Gasteiger partial charge in [-0.1, -0.05) is 20.8 Å². The Morgan fingerprint density at radius 1 is 1.24 bits per heavy atom. The molecule has 21 heavy (non-hydrogen) atoms. The van der Waals surface area contributed by atoms with Crippen molar-refractivity contribution in [1.29, 1.82) is 0 Å². The topological polar surface area (TPSA) is 58.6 Å². The van der Waals surface area contributed by atoms with Crippen LogP contribution in [-0.4, -0.2) is 47.0 Å². The van der Waals surface area contributed by atoms with Gasteiger partial charge in [-0.05, 0) is 33.6 Å². The first-order valence-electron chi connectivity index (χ1n) is 7.93. The van der Waals surface area contributed by atoms with E-state index in [1.165, 1.54) is 0 Å². The van der Waals surface area contributed by atoms with Crippen LogP contribution in [0.1, 0.15) is 54.4 Å². The van der Waals surface area contributed by atoms with E-state index in [2.05, 4.69) is 19.2 Å². The van der Waals surface area contributed by atoms with Crippen molar-refractivity contribution in [3.8, 4) is 0 Å². The Morgan fingerprint density at radius 2 is 1.86 bits per heavy atom. The Kier molecular flexibility index (Phi) is 4.08. The molecular formula is C16H28N2O3. The molecule has 1 heterocycles. The highest BCUT2D eigenvalue weighted by molar-refractivity contribution is 5.99. The fourth-order valence-corrected chi connectivity index (χ4v) is 3.60. The molecule has 2 fully saturated rings. The number of carbonyl (C=O) groups is 2. The second kappa shape index (κ2) is 5.27. The zero-order chi connectivity index (χ0) is 16.0. The van der Waals surface area contributed by atoms with Crippen LogP contribution < -0.4 is 5.32 Å². The van der Waals surface area contributed by atoms with Gasteiger partial charge in [0.25, 0.3) is 0 Å². The number of hydrogen-bond donors (Lipinski definition) is 1. The molecule has 0 aromatic rings. The molecule has 0 aromatic heterocycles. The summed E-state index contributed by atoms with van der Waals surface area (Å²) in [6.45, 7) is 12.4. The molecule has 0 aromatic carbocycles. The second-order valence-corrected chi connectivity index (χ2v) is 7.27. The molecule has 1 saturated heterocycles. The number of amides is 2. The maximum Gasteiger partial charge on any atom is 0.248 e. The van der Waals surface area contributed by atoms with Crippen molar-refractivity contribution in [3.05, 3.63) is 0 Å². The molecule has 5 heteroatoms. The molecule has 0 radical (unpaired) electrons. The zero-order valence-electron chi connectivity index (χ0n) is 14.0. The predicted octanol–water partition coefficient (Wildman–Crippen LogP) is 1.71. The Morgan fingerprint density at radius 3 is 2.33 bits per heavy atom. The number of nitrogens with one attached hydrogen (secondary N) is 1. The minimum Gasteiger partial charge on any atom is -0.378 e. The lowest BCUT2D eigenvalue weighted by Gasteiger charge is -2.59. The lowest BCUT2D eigenvalue weighted by atomic mass is 9.63. The van der Waals surface area contributed by atoms with Crippen LogP contribution >= 0.6 is 0 Å². The van der Waals surface area contributed by atoms with Gasteiger partial charge in [-0.2, -0.15) is 0 Å². The smallest absolute Gasteiger partial charge is 0.248 e. The van der Waals surface area contributed by atoms with E-state index in [1.807, 2.05) is 18.7 Å². The molecule has 1 saturated carbocycles. The molecule has 0 bridgehead atoms. The first-order chi connectivity index (χ1) is 9.66. The summed E-state index contributed by atoms with van der Waals surface area (Å²) in [5.74, 6) is -0.0280. The van der Waals surface area contributed by atoms with E-state index in [1.54, 1.807) is 13.8 Å². The van der Waals surface area contributed by atoms with Gasteiger partial charge in [0.1, 0.15) is 11.6 Å². The van der Waals surface area contributed by atoms with E-state index in [0.717, 1.165) is 6.42 Å². The Balaban J connectivity index is 2.27. The van der Waals surface area contributed by atoms with Crippen molar-refractivity contribution in [1.82, 2.24) is 10.2 Å². The van der Waals surface area contributed by atoms with E-state index in [4.69, 9.17) is 4.74 Å². The first kappa shape index (κ1) is 16.3. The number of hydrogen-bond acceptors (Lipinski definition) is 3. The third kappa shape index (κ3) is 2.45. The summed E-state index contributed by atoms with van der Waals surface area (Å²) in [5, 5.41) is 2.84. The summed E-state index contributed by atoms with van der Waals surface area (Å²) in [6.07, 6.45) is 1.61. The van der Waals surface area contributed by atoms with Crippen LogP contribution in [-0.2, 0) is 14.3 Å². The van der Waals surface area contributed by atoms with Crippen LogP contribution in [0.15, 0.2) is 0 Å². The van der Waals surface area contributed by atoms with Gasteiger partial charge < -0.3 is 15.0 Å². The van der Waals surface area contributed by atoms with E-state index >= 15 is 0 Å². The summed E-state index contributed by atoms with van der Waals surface area (Å²) in [7, 11) is 0. The average Bonchev–Trinajstić information content (AvgIpc) is 2.38. The molecule has 5 nitrogen and oxygen atoms in total. The van der Waals surface area contributed by atoms with Crippen LogP contribution in [0.5, 0.6) is 0 Å². The largest absolute Gasteiger partial charge is 0.378 e. The molecule has 2 amide bonds. The predicted molar refractivity (Wildman–Crippen MR) is 80.7 cm³/mol. The van der Waals surface area contributed by atoms with Gasteiger partial charge in [0.15, 0.2) is 0 Å². The number of ether oxygens (including phenoxy) is 1. The SMILES string of the molecule is CCOC1CC(N2C(=O)C(C)(C)NC(=O)C2CC)C1(C)C. The number of rotatable bonds is 4. The summed E-state index contributed by atoms with van der Waals surface area (Å²) in [5.41, 5.74) is -0.942. The van der Waals surface area contributed by atoms with Crippen molar-refractivity contribution in [2.24, 2.45) is 5.41 Å². The molecule has 2 aliphatic rings. The Hall–Kier alpha value is -1.10. The van der Waals surface area contributed by atoms with Crippen LogP contribution in [0, 0.1) is 5.41 Å². The van der Waals surface area contributed by atoms with E-state index in [9.17, 15) is 9.59 Å². The molecule has 3 unspecified atom stereocenters. The number of nitrogens with zero attached hydrogens (tertiary/aromatic N) is 1. The third-order valence-electron chi connectivity index (χ3n) is 5.06. The van der Waals surface area contributed by atoms with Gasteiger partial charge >= 0.3 is 0 Å². The number of carbonyl (C=O) groups excluding carboxylic acids is 2. The van der Waals surface area contributed by atoms with Crippen LogP contribution in [0.4, 0.5) is 0 Å². The molecule has 0 spiro atoms. The molecule has 3 atom stereocenters. The standard InChI is InChI=1S/C16H28N2O3/c1-7-10-13(19)17-16(5,6)14(20)18(10)11-9-12(21-8-2)15(11,3)4/h10-12H,7-9H2,1-6H3,(H,17,19). The van der Waals surface area contributed by atoms with Crippen molar-refractivity contribution < 1.29 is 14.3 Å². The Bertz CT molecular complexity index is 445. The molecule has 2 rings (SSSR count). The van der Waals surface area contributed by atoms with Gasteiger partial charge in [-0.15, -0.1) is 0 Å².